The smallest absolute Gasteiger partial charge is 0.303 e. The summed E-state index contributed by atoms with van der Waals surface area (Å²) in [6.07, 6.45) is 3.70. The zero-order valence-corrected chi connectivity index (χ0v) is 10.3. The SMILES string of the molecule is CC(CC(=O)O)c1ccc(-c2ccncc2)s1. The monoisotopic (exact) mass is 247 g/mol. The van der Waals surface area contributed by atoms with Gasteiger partial charge in [-0.15, -0.1) is 11.3 Å². The van der Waals surface area contributed by atoms with Gasteiger partial charge in [-0.3, -0.25) is 9.78 Å². The molecule has 0 aromatic carbocycles. The summed E-state index contributed by atoms with van der Waals surface area (Å²) in [7, 11) is 0. The topological polar surface area (TPSA) is 50.2 Å². The van der Waals surface area contributed by atoms with E-state index >= 15 is 0 Å². The van der Waals surface area contributed by atoms with Crippen molar-refractivity contribution < 1.29 is 9.90 Å². The minimum Gasteiger partial charge on any atom is -0.481 e. The van der Waals surface area contributed by atoms with Gasteiger partial charge in [0.1, 0.15) is 0 Å². The van der Waals surface area contributed by atoms with Crippen LogP contribution in [0.3, 0.4) is 0 Å². The highest BCUT2D eigenvalue weighted by atomic mass is 32.1. The Morgan fingerprint density at radius 2 is 2.06 bits per heavy atom. The van der Waals surface area contributed by atoms with Crippen LogP contribution in [0.2, 0.25) is 0 Å². The molecule has 88 valence electrons. The molecule has 0 spiro atoms. The highest BCUT2D eigenvalue weighted by molar-refractivity contribution is 7.15. The molecule has 2 aromatic rings. The molecular formula is C13H13NO2S. The highest BCUT2D eigenvalue weighted by Gasteiger charge is 2.12. The van der Waals surface area contributed by atoms with Crippen LogP contribution in [-0.2, 0) is 4.79 Å². The molecule has 1 N–H and O–H groups in total. The van der Waals surface area contributed by atoms with E-state index in [0.29, 0.717) is 0 Å². The summed E-state index contributed by atoms with van der Waals surface area (Å²) < 4.78 is 0. The standard InChI is InChI=1S/C13H13NO2S/c1-9(8-13(15)16)11-2-3-12(17-11)10-4-6-14-7-5-10/h2-7,9H,8H2,1H3,(H,15,16). The molecule has 1 unspecified atom stereocenters. The van der Waals surface area contributed by atoms with Gasteiger partial charge >= 0.3 is 5.97 Å². The zero-order chi connectivity index (χ0) is 12.3. The maximum Gasteiger partial charge on any atom is 0.303 e. The predicted molar refractivity (Wildman–Crippen MR) is 68.2 cm³/mol. The molecule has 17 heavy (non-hydrogen) atoms. The maximum atomic E-state index is 10.7. The van der Waals surface area contributed by atoms with Crippen molar-refractivity contribution in [2.45, 2.75) is 19.3 Å². The molecule has 0 saturated carbocycles. The van der Waals surface area contributed by atoms with Gasteiger partial charge in [-0.1, -0.05) is 6.92 Å². The second-order valence-corrected chi connectivity index (χ2v) is 5.05. The van der Waals surface area contributed by atoms with Crippen molar-refractivity contribution in [2.75, 3.05) is 0 Å². The largest absolute Gasteiger partial charge is 0.481 e. The molecule has 3 nitrogen and oxygen atoms in total. The van der Waals surface area contributed by atoms with Gasteiger partial charge in [0.25, 0.3) is 0 Å². The number of carboxylic acids is 1. The molecule has 0 radical (unpaired) electrons. The van der Waals surface area contributed by atoms with Crippen LogP contribution in [0.25, 0.3) is 10.4 Å². The third kappa shape index (κ3) is 2.91. The van der Waals surface area contributed by atoms with E-state index in [0.717, 1.165) is 15.3 Å². The van der Waals surface area contributed by atoms with Crippen LogP contribution in [0, 0.1) is 0 Å². The number of carbonyl (C=O) groups is 1. The molecule has 1 atom stereocenters. The van der Waals surface area contributed by atoms with E-state index in [-0.39, 0.29) is 12.3 Å². The fourth-order valence-corrected chi connectivity index (χ4v) is 2.72. The zero-order valence-electron chi connectivity index (χ0n) is 9.46. The summed E-state index contributed by atoms with van der Waals surface area (Å²) >= 11 is 1.64. The first-order chi connectivity index (χ1) is 8.16. The van der Waals surface area contributed by atoms with Crippen molar-refractivity contribution >= 4 is 17.3 Å². The molecule has 0 aliphatic heterocycles. The van der Waals surface area contributed by atoms with E-state index in [1.165, 1.54) is 0 Å². The lowest BCUT2D eigenvalue weighted by atomic mass is 10.1. The lowest BCUT2D eigenvalue weighted by Gasteiger charge is -2.04. The normalized spacial score (nSPS) is 12.3. The first-order valence-corrected chi connectivity index (χ1v) is 6.20. The van der Waals surface area contributed by atoms with Crippen LogP contribution in [0.5, 0.6) is 0 Å². The molecule has 4 heteroatoms. The first kappa shape index (κ1) is 11.8. The fraction of sp³-hybridized carbons (Fsp3) is 0.231. The van der Waals surface area contributed by atoms with Crippen LogP contribution in [0.15, 0.2) is 36.7 Å². The van der Waals surface area contributed by atoms with E-state index in [4.69, 9.17) is 5.11 Å². The molecule has 2 rings (SSSR count). The molecule has 0 saturated heterocycles. The second kappa shape index (κ2) is 5.10. The Bertz CT molecular complexity index is 507. The van der Waals surface area contributed by atoms with Crippen LogP contribution in [-0.4, -0.2) is 16.1 Å². The Morgan fingerprint density at radius 1 is 1.35 bits per heavy atom. The predicted octanol–water partition coefficient (Wildman–Crippen LogP) is 3.39. The Labute approximate surface area is 104 Å². The summed E-state index contributed by atoms with van der Waals surface area (Å²) in [5.41, 5.74) is 1.12. The number of hydrogen-bond donors (Lipinski definition) is 1. The van der Waals surface area contributed by atoms with Crippen LogP contribution >= 0.6 is 11.3 Å². The van der Waals surface area contributed by atoms with Crippen LogP contribution < -0.4 is 0 Å². The number of hydrogen-bond acceptors (Lipinski definition) is 3. The number of aromatic nitrogens is 1. The van der Waals surface area contributed by atoms with E-state index in [1.54, 1.807) is 23.7 Å². The number of thiophene rings is 1. The average molecular weight is 247 g/mol. The summed E-state index contributed by atoms with van der Waals surface area (Å²) in [6, 6.07) is 7.96. The number of carboxylic acid groups (broad SMARTS) is 1. The molecular weight excluding hydrogens is 234 g/mol. The molecule has 0 bridgehead atoms. The summed E-state index contributed by atoms with van der Waals surface area (Å²) in [6.45, 7) is 1.94. The van der Waals surface area contributed by atoms with Crippen molar-refractivity contribution in [3.63, 3.8) is 0 Å². The Hall–Kier alpha value is -1.68. The molecule has 0 aliphatic carbocycles. The van der Waals surface area contributed by atoms with Crippen molar-refractivity contribution in [3.05, 3.63) is 41.5 Å². The van der Waals surface area contributed by atoms with Crippen LogP contribution in [0.4, 0.5) is 0 Å². The lowest BCUT2D eigenvalue weighted by Crippen LogP contribution is -2.00. The quantitative estimate of drug-likeness (QED) is 0.901. The van der Waals surface area contributed by atoms with Gasteiger partial charge < -0.3 is 5.11 Å². The number of nitrogens with zero attached hydrogens (tertiary/aromatic N) is 1. The number of aliphatic carboxylic acids is 1. The third-order valence-electron chi connectivity index (χ3n) is 2.56. The van der Waals surface area contributed by atoms with Gasteiger partial charge in [0.05, 0.1) is 6.42 Å². The minimum atomic E-state index is -0.753. The average Bonchev–Trinajstić information content (AvgIpc) is 2.78. The summed E-state index contributed by atoms with van der Waals surface area (Å²) in [5, 5.41) is 8.77. The Kier molecular flexibility index (Phi) is 3.54. The molecule has 0 fully saturated rings. The fourth-order valence-electron chi connectivity index (χ4n) is 1.65. The van der Waals surface area contributed by atoms with Crippen LogP contribution in [0.1, 0.15) is 24.1 Å². The maximum absolute atomic E-state index is 10.7. The Morgan fingerprint density at radius 3 is 2.71 bits per heavy atom. The van der Waals surface area contributed by atoms with E-state index in [9.17, 15) is 4.79 Å². The summed E-state index contributed by atoms with van der Waals surface area (Å²) in [4.78, 5) is 16.9. The van der Waals surface area contributed by atoms with Gasteiger partial charge in [0.2, 0.25) is 0 Å². The van der Waals surface area contributed by atoms with Gasteiger partial charge in [-0.2, -0.15) is 0 Å². The molecule has 2 heterocycles. The first-order valence-electron chi connectivity index (χ1n) is 5.38. The highest BCUT2D eigenvalue weighted by Crippen LogP contribution is 2.33. The van der Waals surface area contributed by atoms with E-state index in [2.05, 4.69) is 4.98 Å². The van der Waals surface area contributed by atoms with Gasteiger partial charge in [0.15, 0.2) is 0 Å². The minimum absolute atomic E-state index is 0.0630. The van der Waals surface area contributed by atoms with Gasteiger partial charge in [0, 0.05) is 28.1 Å². The van der Waals surface area contributed by atoms with Crippen molar-refractivity contribution in [1.82, 2.24) is 4.98 Å². The molecule has 0 amide bonds. The number of rotatable bonds is 4. The summed E-state index contributed by atoms with van der Waals surface area (Å²) in [5.74, 6) is -0.690. The van der Waals surface area contributed by atoms with E-state index < -0.39 is 5.97 Å². The van der Waals surface area contributed by atoms with Gasteiger partial charge in [-0.25, -0.2) is 0 Å². The van der Waals surface area contributed by atoms with Crippen molar-refractivity contribution in [2.24, 2.45) is 0 Å². The molecule has 0 aliphatic rings. The van der Waals surface area contributed by atoms with Crippen molar-refractivity contribution in [3.8, 4) is 10.4 Å². The number of pyridine rings is 1. The Balaban J connectivity index is 2.19. The van der Waals surface area contributed by atoms with Crippen molar-refractivity contribution in [1.29, 1.82) is 0 Å². The van der Waals surface area contributed by atoms with E-state index in [1.807, 2.05) is 31.2 Å². The van der Waals surface area contributed by atoms with Gasteiger partial charge in [-0.05, 0) is 29.8 Å². The second-order valence-electron chi connectivity index (χ2n) is 3.94. The lowest BCUT2D eigenvalue weighted by molar-refractivity contribution is -0.137. The molecule has 2 aromatic heterocycles. The third-order valence-corrected chi connectivity index (χ3v) is 3.92.